The number of thioether (sulfide) groups is 1. The molecule has 2 heterocycles. The predicted molar refractivity (Wildman–Crippen MR) is 133 cm³/mol. The van der Waals surface area contributed by atoms with Crippen LogP contribution in [-0.4, -0.2) is 35.7 Å². The fraction of sp³-hybridized carbons (Fsp3) is 0.0833. The minimum atomic E-state index is -0.487. The molecular formula is C24H18N6O4S. The van der Waals surface area contributed by atoms with Gasteiger partial charge in [0.25, 0.3) is 11.2 Å². The predicted octanol–water partition coefficient (Wildman–Crippen LogP) is 3.98. The third-order valence-electron chi connectivity index (χ3n) is 5.43. The highest BCUT2D eigenvalue weighted by Crippen LogP contribution is 2.25. The lowest BCUT2D eigenvalue weighted by Gasteiger charge is -2.11. The van der Waals surface area contributed by atoms with Crippen LogP contribution in [0.5, 0.6) is 0 Å². The van der Waals surface area contributed by atoms with E-state index in [1.165, 1.54) is 10.6 Å². The van der Waals surface area contributed by atoms with Crippen LogP contribution < -0.4 is 10.9 Å². The molecule has 0 atom stereocenters. The van der Waals surface area contributed by atoms with Crippen molar-refractivity contribution in [1.82, 2.24) is 19.2 Å². The Balaban J connectivity index is 1.49. The summed E-state index contributed by atoms with van der Waals surface area (Å²) in [5.74, 6) is -0.0381. The van der Waals surface area contributed by atoms with Gasteiger partial charge in [-0.2, -0.15) is 0 Å². The minimum Gasteiger partial charge on any atom is -0.325 e. The zero-order valence-corrected chi connectivity index (χ0v) is 19.2. The molecule has 5 rings (SSSR count). The van der Waals surface area contributed by atoms with Crippen LogP contribution in [0.25, 0.3) is 22.4 Å². The molecule has 11 heteroatoms. The van der Waals surface area contributed by atoms with Crippen molar-refractivity contribution in [3.05, 3.63) is 98.8 Å². The number of carbonyl (C=O) groups is 1. The molecule has 1 N–H and O–H groups in total. The van der Waals surface area contributed by atoms with Gasteiger partial charge in [-0.3, -0.25) is 24.1 Å². The standard InChI is InChI=1S/C24H18N6O4S/c1-15-11-12-16(13-20(15)30(33)34)25-21(31)14-35-24-27-26-23-28(17-7-3-2-4-8-17)22(32)18-9-5-6-10-19(18)29(23)24/h2-13H,14H2,1H3,(H,25,31). The average Bonchev–Trinajstić information content (AvgIpc) is 3.28. The summed E-state index contributed by atoms with van der Waals surface area (Å²) in [7, 11) is 0. The van der Waals surface area contributed by atoms with Gasteiger partial charge >= 0.3 is 0 Å². The number of rotatable bonds is 6. The van der Waals surface area contributed by atoms with E-state index in [1.807, 2.05) is 36.4 Å². The first kappa shape index (κ1) is 22.3. The van der Waals surface area contributed by atoms with Gasteiger partial charge in [0.05, 0.1) is 27.3 Å². The highest BCUT2D eigenvalue weighted by molar-refractivity contribution is 7.99. The van der Waals surface area contributed by atoms with E-state index in [9.17, 15) is 19.7 Å². The molecule has 0 spiro atoms. The number of nitrogens with one attached hydrogen (secondary N) is 1. The van der Waals surface area contributed by atoms with Gasteiger partial charge in [0.1, 0.15) is 0 Å². The molecule has 0 bridgehead atoms. The maximum atomic E-state index is 13.3. The van der Waals surface area contributed by atoms with Crippen LogP contribution in [-0.2, 0) is 4.79 Å². The van der Waals surface area contributed by atoms with E-state index in [2.05, 4.69) is 15.5 Å². The van der Waals surface area contributed by atoms with Gasteiger partial charge in [-0.25, -0.2) is 4.57 Å². The Hall–Kier alpha value is -4.51. The largest absolute Gasteiger partial charge is 0.325 e. The highest BCUT2D eigenvalue weighted by Gasteiger charge is 2.19. The van der Waals surface area contributed by atoms with Crippen LogP contribution >= 0.6 is 11.8 Å². The lowest BCUT2D eigenvalue weighted by atomic mass is 10.2. The van der Waals surface area contributed by atoms with Gasteiger partial charge in [-0.1, -0.05) is 48.2 Å². The Bertz CT molecular complexity index is 1660. The third kappa shape index (κ3) is 4.13. The van der Waals surface area contributed by atoms with E-state index in [0.29, 0.717) is 38.8 Å². The van der Waals surface area contributed by atoms with Gasteiger partial charge in [0, 0.05) is 17.3 Å². The number of nitro groups is 1. The number of fused-ring (bicyclic) bond motifs is 3. The quantitative estimate of drug-likeness (QED) is 0.219. The van der Waals surface area contributed by atoms with E-state index in [-0.39, 0.29) is 22.9 Å². The lowest BCUT2D eigenvalue weighted by molar-refractivity contribution is -0.385. The van der Waals surface area contributed by atoms with Crippen molar-refractivity contribution < 1.29 is 9.72 Å². The van der Waals surface area contributed by atoms with Crippen molar-refractivity contribution in [3.63, 3.8) is 0 Å². The molecule has 1 amide bonds. The third-order valence-corrected chi connectivity index (χ3v) is 6.36. The number of anilines is 1. The van der Waals surface area contributed by atoms with Gasteiger partial charge in [0.2, 0.25) is 11.7 Å². The second-order valence-corrected chi connectivity index (χ2v) is 8.65. The van der Waals surface area contributed by atoms with Gasteiger partial charge < -0.3 is 5.32 Å². The SMILES string of the molecule is Cc1ccc(NC(=O)CSc2nnc3n(-c4ccccc4)c(=O)c4ccccc4n23)cc1[N+](=O)[O-]. The average molecular weight is 487 g/mol. The molecule has 0 radical (unpaired) electrons. The molecular weight excluding hydrogens is 468 g/mol. The number of aryl methyl sites for hydroxylation is 1. The number of carbonyl (C=O) groups excluding carboxylic acids is 1. The first-order valence-corrected chi connectivity index (χ1v) is 11.5. The van der Waals surface area contributed by atoms with Gasteiger partial charge in [-0.15, -0.1) is 10.2 Å². The maximum absolute atomic E-state index is 13.3. The molecule has 0 fully saturated rings. The van der Waals surface area contributed by atoms with Crippen LogP contribution in [0, 0.1) is 17.0 Å². The van der Waals surface area contributed by atoms with Crippen molar-refractivity contribution in [2.24, 2.45) is 0 Å². The molecule has 0 aliphatic carbocycles. The number of nitrogens with zero attached hydrogens (tertiary/aromatic N) is 5. The Morgan fingerprint density at radius 3 is 2.57 bits per heavy atom. The number of aromatic nitrogens is 4. The Labute approximate surface area is 202 Å². The number of benzene rings is 3. The summed E-state index contributed by atoms with van der Waals surface area (Å²) < 4.78 is 3.24. The summed E-state index contributed by atoms with van der Waals surface area (Å²) in [5.41, 5.74) is 1.83. The van der Waals surface area contributed by atoms with Crippen molar-refractivity contribution in [2.75, 3.05) is 11.1 Å². The van der Waals surface area contributed by atoms with Crippen LogP contribution in [0.2, 0.25) is 0 Å². The fourth-order valence-electron chi connectivity index (χ4n) is 3.79. The minimum absolute atomic E-state index is 0.0126. The monoisotopic (exact) mass is 486 g/mol. The molecule has 3 aromatic carbocycles. The molecule has 0 saturated heterocycles. The van der Waals surface area contributed by atoms with Crippen LogP contribution in [0.15, 0.2) is 82.7 Å². The molecule has 0 saturated carbocycles. The normalized spacial score (nSPS) is 11.1. The summed E-state index contributed by atoms with van der Waals surface area (Å²) >= 11 is 1.15. The van der Waals surface area contributed by atoms with Crippen LogP contribution in [0.4, 0.5) is 11.4 Å². The van der Waals surface area contributed by atoms with E-state index < -0.39 is 4.92 Å². The fourth-order valence-corrected chi connectivity index (χ4v) is 4.53. The second kappa shape index (κ2) is 9.03. The summed E-state index contributed by atoms with van der Waals surface area (Å²) in [6.45, 7) is 1.63. The Kier molecular flexibility index (Phi) is 5.75. The van der Waals surface area contributed by atoms with E-state index in [0.717, 1.165) is 11.8 Å². The molecule has 0 aliphatic rings. The van der Waals surface area contributed by atoms with Gasteiger partial charge in [0.15, 0.2) is 5.16 Å². The van der Waals surface area contributed by atoms with E-state index in [4.69, 9.17) is 0 Å². The molecule has 10 nitrogen and oxygen atoms in total. The van der Waals surface area contributed by atoms with Crippen molar-refractivity contribution in [3.8, 4) is 5.69 Å². The molecule has 2 aromatic heterocycles. The molecule has 35 heavy (non-hydrogen) atoms. The lowest BCUT2D eigenvalue weighted by Crippen LogP contribution is -2.21. The first-order chi connectivity index (χ1) is 16.9. The van der Waals surface area contributed by atoms with Crippen molar-refractivity contribution >= 4 is 45.7 Å². The Morgan fingerprint density at radius 1 is 1.06 bits per heavy atom. The zero-order valence-electron chi connectivity index (χ0n) is 18.4. The zero-order chi connectivity index (χ0) is 24.5. The summed E-state index contributed by atoms with van der Waals surface area (Å²) in [6, 6.07) is 20.8. The first-order valence-electron chi connectivity index (χ1n) is 10.6. The van der Waals surface area contributed by atoms with E-state index >= 15 is 0 Å². The molecule has 0 aliphatic heterocycles. The van der Waals surface area contributed by atoms with E-state index in [1.54, 1.807) is 41.7 Å². The summed E-state index contributed by atoms with van der Waals surface area (Å²) in [4.78, 5) is 36.6. The van der Waals surface area contributed by atoms with Crippen molar-refractivity contribution in [1.29, 1.82) is 0 Å². The number of para-hydroxylation sites is 2. The van der Waals surface area contributed by atoms with Crippen LogP contribution in [0.1, 0.15) is 5.56 Å². The molecule has 174 valence electrons. The maximum Gasteiger partial charge on any atom is 0.274 e. The van der Waals surface area contributed by atoms with Crippen molar-refractivity contribution in [2.45, 2.75) is 12.1 Å². The summed E-state index contributed by atoms with van der Waals surface area (Å²) in [5, 5.41) is 23.3. The molecule has 0 unspecified atom stereocenters. The number of hydrogen-bond acceptors (Lipinski definition) is 7. The highest BCUT2D eigenvalue weighted by atomic mass is 32.2. The number of nitro benzene ring substituents is 1. The second-order valence-electron chi connectivity index (χ2n) is 7.71. The Morgan fingerprint density at radius 2 is 1.80 bits per heavy atom. The topological polar surface area (TPSA) is 124 Å². The smallest absolute Gasteiger partial charge is 0.274 e. The molecule has 5 aromatic rings. The summed E-state index contributed by atoms with van der Waals surface area (Å²) in [6.07, 6.45) is 0. The number of amides is 1. The number of hydrogen-bond donors (Lipinski definition) is 1. The van der Waals surface area contributed by atoms with Crippen LogP contribution in [0.3, 0.4) is 0 Å². The van der Waals surface area contributed by atoms with Gasteiger partial charge in [-0.05, 0) is 37.3 Å².